The largest absolute Gasteiger partial charge is 0.459 e. The minimum absolute atomic E-state index is 0.0553. The number of amides is 2. The molecule has 0 saturated heterocycles. The van der Waals surface area contributed by atoms with Crippen LogP contribution in [0.1, 0.15) is 16.1 Å². The maximum absolute atomic E-state index is 11.9. The summed E-state index contributed by atoms with van der Waals surface area (Å²) in [6, 6.07) is 8.16. The fourth-order valence-electron chi connectivity index (χ4n) is 1.93. The highest BCUT2D eigenvalue weighted by atomic mass is 16.7. The van der Waals surface area contributed by atoms with Gasteiger partial charge in [-0.2, -0.15) is 0 Å². The summed E-state index contributed by atoms with van der Waals surface area (Å²) in [6.45, 7) is 0.153. The first-order valence-corrected chi connectivity index (χ1v) is 6.39. The monoisotopic (exact) mass is 300 g/mol. The van der Waals surface area contributed by atoms with Gasteiger partial charge < -0.3 is 24.9 Å². The second-order valence-electron chi connectivity index (χ2n) is 4.47. The number of furan rings is 1. The zero-order chi connectivity index (χ0) is 15.5. The van der Waals surface area contributed by atoms with Gasteiger partial charge in [0.25, 0.3) is 11.8 Å². The molecule has 2 aromatic rings. The zero-order valence-corrected chi connectivity index (χ0v) is 11.4. The molecule has 0 bridgehead atoms. The van der Waals surface area contributed by atoms with Gasteiger partial charge in [-0.15, -0.1) is 0 Å². The predicted molar refractivity (Wildman–Crippen MR) is 75.9 cm³/mol. The fourth-order valence-corrected chi connectivity index (χ4v) is 1.93. The molecular formula is C15H12N2O5. The van der Waals surface area contributed by atoms with Gasteiger partial charge in [0.1, 0.15) is 5.70 Å². The van der Waals surface area contributed by atoms with Crippen LogP contribution < -0.4 is 20.5 Å². The number of rotatable bonds is 4. The van der Waals surface area contributed by atoms with Crippen LogP contribution in [-0.4, -0.2) is 18.6 Å². The molecule has 2 amide bonds. The molecule has 0 fully saturated rings. The number of hydrogen-bond acceptors (Lipinski definition) is 5. The first-order valence-electron chi connectivity index (χ1n) is 6.39. The van der Waals surface area contributed by atoms with Crippen molar-refractivity contribution in [3.63, 3.8) is 0 Å². The van der Waals surface area contributed by atoms with Crippen molar-refractivity contribution in [3.05, 3.63) is 53.6 Å². The summed E-state index contributed by atoms with van der Waals surface area (Å²) in [5.74, 6) is -0.0569. The van der Waals surface area contributed by atoms with E-state index in [0.29, 0.717) is 17.1 Å². The van der Waals surface area contributed by atoms with Crippen molar-refractivity contribution in [2.24, 2.45) is 5.73 Å². The molecule has 3 rings (SSSR count). The maximum Gasteiger partial charge on any atom is 0.291 e. The average Bonchev–Trinajstić information content (AvgIpc) is 3.17. The standard InChI is InChI=1S/C15H12N2O5/c16-14(18)10(17-15(19)12-2-1-5-20-12)6-9-3-4-11-13(7-9)22-8-21-11/h1-7H,8H2,(H2,16,18)(H,17,19)/b10-6-. The molecule has 0 radical (unpaired) electrons. The molecule has 0 unspecified atom stereocenters. The summed E-state index contributed by atoms with van der Waals surface area (Å²) in [4.78, 5) is 23.4. The van der Waals surface area contributed by atoms with Gasteiger partial charge in [-0.1, -0.05) is 6.07 Å². The number of primary amides is 1. The highest BCUT2D eigenvalue weighted by Gasteiger charge is 2.16. The highest BCUT2D eigenvalue weighted by molar-refractivity contribution is 6.03. The molecule has 0 atom stereocenters. The van der Waals surface area contributed by atoms with E-state index >= 15 is 0 Å². The average molecular weight is 300 g/mol. The van der Waals surface area contributed by atoms with E-state index in [9.17, 15) is 9.59 Å². The van der Waals surface area contributed by atoms with Crippen LogP contribution in [0.25, 0.3) is 6.08 Å². The summed E-state index contributed by atoms with van der Waals surface area (Å²) in [6.07, 6.45) is 2.81. The van der Waals surface area contributed by atoms with Gasteiger partial charge in [-0.05, 0) is 35.9 Å². The zero-order valence-electron chi connectivity index (χ0n) is 11.4. The quantitative estimate of drug-likeness (QED) is 0.827. The van der Waals surface area contributed by atoms with E-state index in [1.54, 1.807) is 24.3 Å². The smallest absolute Gasteiger partial charge is 0.291 e. The minimum atomic E-state index is -0.766. The van der Waals surface area contributed by atoms with E-state index in [-0.39, 0.29) is 18.3 Å². The summed E-state index contributed by atoms with van der Waals surface area (Å²) >= 11 is 0. The topological polar surface area (TPSA) is 104 Å². The Hall–Kier alpha value is -3.22. The molecule has 3 N–H and O–H groups in total. The van der Waals surface area contributed by atoms with Gasteiger partial charge in [0.05, 0.1) is 6.26 Å². The fraction of sp³-hybridized carbons (Fsp3) is 0.0667. The second-order valence-corrected chi connectivity index (χ2v) is 4.47. The van der Waals surface area contributed by atoms with E-state index in [4.69, 9.17) is 19.6 Å². The van der Waals surface area contributed by atoms with Crippen LogP contribution in [-0.2, 0) is 4.79 Å². The number of nitrogens with one attached hydrogen (secondary N) is 1. The van der Waals surface area contributed by atoms with Crippen molar-refractivity contribution in [2.75, 3.05) is 6.79 Å². The molecule has 1 aliphatic rings. The van der Waals surface area contributed by atoms with Crippen molar-refractivity contribution >= 4 is 17.9 Å². The van der Waals surface area contributed by atoms with Crippen molar-refractivity contribution in [3.8, 4) is 11.5 Å². The number of carbonyl (C=O) groups excluding carboxylic acids is 2. The normalized spacial score (nSPS) is 13.0. The number of benzene rings is 1. The second kappa shape index (κ2) is 5.65. The van der Waals surface area contributed by atoms with Crippen LogP contribution in [0.4, 0.5) is 0 Å². The van der Waals surface area contributed by atoms with Crippen molar-refractivity contribution in [1.82, 2.24) is 5.32 Å². The van der Waals surface area contributed by atoms with Gasteiger partial charge in [0, 0.05) is 0 Å². The first-order chi connectivity index (χ1) is 10.6. The lowest BCUT2D eigenvalue weighted by Gasteiger charge is -2.05. The molecule has 0 spiro atoms. The van der Waals surface area contributed by atoms with E-state index in [1.807, 2.05) is 0 Å². The molecule has 2 heterocycles. The van der Waals surface area contributed by atoms with Crippen LogP contribution in [0.3, 0.4) is 0 Å². The summed E-state index contributed by atoms with van der Waals surface area (Å²) in [5.41, 5.74) is 5.87. The Labute approximate surface area is 125 Å². The third-order valence-corrected chi connectivity index (χ3v) is 2.97. The number of hydrogen-bond donors (Lipinski definition) is 2. The number of ether oxygens (including phenoxy) is 2. The van der Waals surface area contributed by atoms with E-state index in [1.165, 1.54) is 18.4 Å². The number of carbonyl (C=O) groups is 2. The molecular weight excluding hydrogens is 288 g/mol. The van der Waals surface area contributed by atoms with E-state index in [2.05, 4.69) is 5.32 Å². The third kappa shape index (κ3) is 2.78. The Morgan fingerprint density at radius 2 is 2.00 bits per heavy atom. The van der Waals surface area contributed by atoms with E-state index < -0.39 is 11.8 Å². The van der Waals surface area contributed by atoms with Crippen LogP contribution in [0.2, 0.25) is 0 Å². The molecule has 7 nitrogen and oxygen atoms in total. The minimum Gasteiger partial charge on any atom is -0.459 e. The Kier molecular flexibility index (Phi) is 3.53. The lowest BCUT2D eigenvalue weighted by Crippen LogP contribution is -2.30. The molecule has 1 aliphatic heterocycles. The van der Waals surface area contributed by atoms with Crippen LogP contribution >= 0.6 is 0 Å². The van der Waals surface area contributed by atoms with Crippen molar-refractivity contribution in [2.45, 2.75) is 0 Å². The molecule has 7 heteroatoms. The SMILES string of the molecule is NC(=O)/C(=C/c1ccc2c(c1)OCO2)NC(=O)c1ccco1. The van der Waals surface area contributed by atoms with Crippen molar-refractivity contribution < 1.29 is 23.5 Å². The Bertz CT molecular complexity index is 749. The van der Waals surface area contributed by atoms with Crippen LogP contribution in [0.15, 0.2) is 46.7 Å². The lowest BCUT2D eigenvalue weighted by molar-refractivity contribution is -0.114. The van der Waals surface area contributed by atoms with Gasteiger partial charge in [0.2, 0.25) is 6.79 Å². The molecule has 0 saturated carbocycles. The highest BCUT2D eigenvalue weighted by Crippen LogP contribution is 2.32. The van der Waals surface area contributed by atoms with Crippen LogP contribution in [0.5, 0.6) is 11.5 Å². The van der Waals surface area contributed by atoms with Crippen molar-refractivity contribution in [1.29, 1.82) is 0 Å². The summed E-state index contributed by atoms with van der Waals surface area (Å²) in [5, 5.41) is 2.42. The van der Waals surface area contributed by atoms with E-state index in [0.717, 1.165) is 0 Å². The van der Waals surface area contributed by atoms with Gasteiger partial charge in [-0.25, -0.2) is 0 Å². The third-order valence-electron chi connectivity index (χ3n) is 2.97. The maximum atomic E-state index is 11.9. The number of nitrogens with two attached hydrogens (primary N) is 1. The molecule has 1 aromatic carbocycles. The summed E-state index contributed by atoms with van der Waals surface area (Å²) < 4.78 is 15.4. The molecule has 0 aliphatic carbocycles. The molecule has 22 heavy (non-hydrogen) atoms. The lowest BCUT2D eigenvalue weighted by atomic mass is 10.1. The van der Waals surface area contributed by atoms with Gasteiger partial charge in [0.15, 0.2) is 17.3 Å². The Balaban J connectivity index is 1.84. The first kappa shape index (κ1) is 13.7. The number of fused-ring (bicyclic) bond motifs is 1. The van der Waals surface area contributed by atoms with Gasteiger partial charge >= 0.3 is 0 Å². The molecule has 1 aromatic heterocycles. The predicted octanol–water partition coefficient (Wildman–Crippen LogP) is 1.26. The Morgan fingerprint density at radius 3 is 2.73 bits per heavy atom. The summed E-state index contributed by atoms with van der Waals surface area (Å²) in [7, 11) is 0. The molecule has 112 valence electrons. The van der Waals surface area contributed by atoms with Gasteiger partial charge in [-0.3, -0.25) is 9.59 Å². The Morgan fingerprint density at radius 1 is 1.18 bits per heavy atom. The van der Waals surface area contributed by atoms with Crippen LogP contribution in [0, 0.1) is 0 Å².